The normalized spacial score (nSPS) is 13.0. The average Bonchev–Trinajstić information content (AvgIpc) is 2.05. The van der Waals surface area contributed by atoms with Crippen molar-refractivity contribution in [3.63, 3.8) is 0 Å². The quantitative estimate of drug-likeness (QED) is 0.687. The largest absolute Gasteiger partial charge is 0.506 e. The van der Waals surface area contributed by atoms with E-state index in [1.165, 1.54) is 6.07 Å². The Hall–Kier alpha value is -2.10. The highest BCUT2D eigenvalue weighted by molar-refractivity contribution is 6.10. The van der Waals surface area contributed by atoms with E-state index in [9.17, 15) is 9.90 Å². The minimum absolute atomic E-state index is 0.0461. The number of amides is 1. The number of para-hydroxylation sites is 2. The second kappa shape index (κ2) is 3.33. The molecule has 1 amide bonds. The number of carbonyl (C=O) groups is 1. The number of nitrogens with zero attached hydrogens (tertiary/aromatic N) is 1. The summed E-state index contributed by atoms with van der Waals surface area (Å²) in [4.78, 5) is 15.1. The maximum absolute atomic E-state index is 11.3. The third-order valence-electron chi connectivity index (χ3n) is 1.83. The lowest BCUT2D eigenvalue weighted by molar-refractivity contribution is -0.112. The maximum atomic E-state index is 11.3. The molecule has 2 N–H and O–H groups in total. The Bertz CT molecular complexity index is 436. The molecule has 2 rings (SSSR count). The van der Waals surface area contributed by atoms with Gasteiger partial charge in [0.2, 0.25) is 0 Å². The lowest BCUT2D eigenvalue weighted by atomic mass is 10.2. The smallest absolute Gasteiger partial charge is 0.274 e. The summed E-state index contributed by atoms with van der Waals surface area (Å²) in [6.45, 7) is 0. The molecule has 1 aromatic rings. The number of hydrogen-bond donors (Lipinski definition) is 2. The van der Waals surface area contributed by atoms with Gasteiger partial charge in [-0.15, -0.1) is 0 Å². The van der Waals surface area contributed by atoms with Crippen molar-refractivity contribution in [2.45, 2.75) is 0 Å². The predicted octanol–water partition coefficient (Wildman–Crippen LogP) is 1.30. The fourth-order valence-electron chi connectivity index (χ4n) is 1.05. The molecule has 4 heteroatoms. The van der Waals surface area contributed by atoms with Gasteiger partial charge in [-0.3, -0.25) is 9.79 Å². The predicted molar refractivity (Wildman–Crippen MR) is 53.3 cm³/mol. The van der Waals surface area contributed by atoms with E-state index in [2.05, 4.69) is 10.3 Å². The van der Waals surface area contributed by atoms with Crippen molar-refractivity contribution < 1.29 is 9.90 Å². The van der Waals surface area contributed by atoms with Gasteiger partial charge in [-0.05, 0) is 18.2 Å². The molecule has 1 heterocycles. The zero-order valence-corrected chi connectivity index (χ0v) is 7.27. The van der Waals surface area contributed by atoms with E-state index in [1.807, 2.05) is 0 Å². The van der Waals surface area contributed by atoms with Gasteiger partial charge in [0.25, 0.3) is 5.91 Å². The number of phenolic OH excluding ortho intramolecular Hbond substituents is 1. The second-order valence-electron chi connectivity index (χ2n) is 2.80. The Kier molecular flexibility index (Phi) is 2.02. The van der Waals surface area contributed by atoms with Gasteiger partial charge >= 0.3 is 0 Å². The first kappa shape index (κ1) is 8.50. The summed E-state index contributed by atoms with van der Waals surface area (Å²) in [5.74, 6) is -0.265. The molecule has 0 aliphatic carbocycles. The Morgan fingerprint density at radius 2 is 2.07 bits per heavy atom. The molecule has 0 saturated carbocycles. The van der Waals surface area contributed by atoms with Crippen LogP contribution < -0.4 is 5.32 Å². The molecular formula is C10H8N2O2. The number of allylic oxidation sites excluding steroid dienone is 1. The minimum atomic E-state index is -0.311. The number of hydrogen-bond acceptors (Lipinski definition) is 3. The fraction of sp³-hybridized carbons (Fsp3) is 0. The molecule has 70 valence electrons. The Labute approximate surface area is 80.6 Å². The number of rotatable bonds is 2. The Morgan fingerprint density at radius 3 is 2.64 bits per heavy atom. The number of carbonyl (C=O) groups excluding carboxylic acids is 1. The summed E-state index contributed by atoms with van der Waals surface area (Å²) in [5.41, 5.74) is 0.758. The lowest BCUT2D eigenvalue weighted by Crippen LogP contribution is -2.16. The van der Waals surface area contributed by atoms with Crippen molar-refractivity contribution in [3.8, 4) is 5.75 Å². The van der Waals surface area contributed by atoms with Gasteiger partial charge in [0, 0.05) is 6.21 Å². The topological polar surface area (TPSA) is 61.7 Å². The monoisotopic (exact) mass is 188 g/mol. The van der Waals surface area contributed by atoms with Gasteiger partial charge in [-0.2, -0.15) is 0 Å². The van der Waals surface area contributed by atoms with Gasteiger partial charge < -0.3 is 10.4 Å². The molecule has 1 aliphatic rings. The molecule has 0 bridgehead atoms. The highest BCUT2D eigenvalue weighted by Gasteiger charge is 2.12. The van der Waals surface area contributed by atoms with Gasteiger partial charge in [0.15, 0.2) is 0 Å². The molecule has 1 aliphatic heterocycles. The van der Waals surface area contributed by atoms with Crippen LogP contribution in [0.4, 0.5) is 5.69 Å². The SMILES string of the molecule is O=C(Nc1ccccc1O)C1=CC=N1. The maximum Gasteiger partial charge on any atom is 0.274 e. The first-order valence-corrected chi connectivity index (χ1v) is 4.11. The fourth-order valence-corrected chi connectivity index (χ4v) is 1.05. The molecule has 0 saturated heterocycles. The Morgan fingerprint density at radius 1 is 1.36 bits per heavy atom. The molecule has 0 aromatic heterocycles. The van der Waals surface area contributed by atoms with Gasteiger partial charge in [-0.25, -0.2) is 0 Å². The summed E-state index contributed by atoms with van der Waals surface area (Å²) in [5, 5.41) is 11.9. The molecule has 4 nitrogen and oxygen atoms in total. The summed E-state index contributed by atoms with van der Waals surface area (Å²) >= 11 is 0. The van der Waals surface area contributed by atoms with Crippen LogP contribution in [0.2, 0.25) is 0 Å². The zero-order chi connectivity index (χ0) is 9.97. The highest BCUT2D eigenvalue weighted by Crippen LogP contribution is 2.22. The first-order valence-electron chi connectivity index (χ1n) is 4.11. The van der Waals surface area contributed by atoms with Gasteiger partial charge in [-0.1, -0.05) is 12.1 Å². The van der Waals surface area contributed by atoms with Crippen molar-refractivity contribution in [2.24, 2.45) is 4.99 Å². The summed E-state index contributed by atoms with van der Waals surface area (Å²) in [7, 11) is 0. The first-order chi connectivity index (χ1) is 6.77. The molecule has 0 spiro atoms. The molecule has 0 radical (unpaired) electrons. The van der Waals surface area contributed by atoms with E-state index < -0.39 is 0 Å². The van der Waals surface area contributed by atoms with Gasteiger partial charge in [0.05, 0.1) is 5.69 Å². The number of anilines is 1. The number of nitrogens with one attached hydrogen (secondary N) is 1. The summed E-state index contributed by atoms with van der Waals surface area (Å²) in [6, 6.07) is 6.55. The standard InChI is InChI=1S/C10H8N2O2/c13-9-4-2-1-3-7(9)12-10(14)8-5-6-11-8/h1-6,13H,(H,12,14). The third kappa shape index (κ3) is 1.50. The van der Waals surface area contributed by atoms with Crippen LogP contribution in [0, 0.1) is 0 Å². The lowest BCUT2D eigenvalue weighted by Gasteiger charge is -2.08. The van der Waals surface area contributed by atoms with Crippen LogP contribution in [0.15, 0.2) is 41.0 Å². The van der Waals surface area contributed by atoms with Crippen molar-refractivity contribution >= 4 is 17.8 Å². The Balaban J connectivity index is 2.11. The van der Waals surface area contributed by atoms with Crippen LogP contribution in [0.25, 0.3) is 0 Å². The minimum Gasteiger partial charge on any atom is -0.506 e. The zero-order valence-electron chi connectivity index (χ0n) is 7.27. The summed E-state index contributed by atoms with van der Waals surface area (Å²) in [6.07, 6.45) is 3.15. The molecule has 1 aromatic carbocycles. The second-order valence-corrected chi connectivity index (χ2v) is 2.80. The molecule has 0 unspecified atom stereocenters. The van der Waals surface area contributed by atoms with E-state index in [-0.39, 0.29) is 11.7 Å². The number of phenols is 1. The van der Waals surface area contributed by atoms with E-state index in [1.54, 1.807) is 30.5 Å². The van der Waals surface area contributed by atoms with Crippen LogP contribution in [0.5, 0.6) is 5.75 Å². The van der Waals surface area contributed by atoms with Crippen molar-refractivity contribution in [2.75, 3.05) is 5.32 Å². The van der Waals surface area contributed by atoms with E-state index in [4.69, 9.17) is 0 Å². The van der Waals surface area contributed by atoms with Crippen LogP contribution in [0.3, 0.4) is 0 Å². The van der Waals surface area contributed by atoms with Crippen LogP contribution in [-0.2, 0) is 4.79 Å². The van der Waals surface area contributed by atoms with Crippen molar-refractivity contribution in [1.82, 2.24) is 0 Å². The number of aliphatic imine (C=N–C) groups is 1. The third-order valence-corrected chi connectivity index (χ3v) is 1.83. The molecular weight excluding hydrogens is 180 g/mol. The molecule has 14 heavy (non-hydrogen) atoms. The molecule has 0 fully saturated rings. The van der Waals surface area contributed by atoms with Crippen LogP contribution >= 0.6 is 0 Å². The van der Waals surface area contributed by atoms with Crippen LogP contribution in [0.1, 0.15) is 0 Å². The molecule has 0 atom stereocenters. The highest BCUT2D eigenvalue weighted by atomic mass is 16.3. The van der Waals surface area contributed by atoms with Crippen LogP contribution in [-0.4, -0.2) is 17.2 Å². The van der Waals surface area contributed by atoms with E-state index in [0.717, 1.165) is 0 Å². The summed E-state index contributed by atoms with van der Waals surface area (Å²) < 4.78 is 0. The van der Waals surface area contributed by atoms with Crippen molar-refractivity contribution in [1.29, 1.82) is 0 Å². The van der Waals surface area contributed by atoms with E-state index >= 15 is 0 Å². The van der Waals surface area contributed by atoms with Crippen molar-refractivity contribution in [3.05, 3.63) is 36.0 Å². The average molecular weight is 188 g/mol. The van der Waals surface area contributed by atoms with Gasteiger partial charge in [0.1, 0.15) is 11.4 Å². The number of aromatic hydroxyl groups is 1. The van der Waals surface area contributed by atoms with E-state index in [0.29, 0.717) is 11.4 Å². The number of benzene rings is 1.